The first kappa shape index (κ1) is 11.8. The molecule has 0 fully saturated rings. The summed E-state index contributed by atoms with van der Waals surface area (Å²) in [6.45, 7) is 7.49. The molecule has 3 nitrogen and oxygen atoms in total. The fourth-order valence-electron chi connectivity index (χ4n) is 0.621. The summed E-state index contributed by atoms with van der Waals surface area (Å²) in [5.74, 6) is -0.338. The summed E-state index contributed by atoms with van der Waals surface area (Å²) in [6.07, 6.45) is 4.48. The van der Waals surface area contributed by atoms with Gasteiger partial charge in [0.2, 0.25) is 0 Å². The largest absolute Gasteiger partial charge is 0.473 e. The molecule has 0 heterocycles. The first-order valence-corrected chi connectivity index (χ1v) is 4.32. The number of rotatable bonds is 6. The molecule has 0 saturated heterocycles. The van der Waals surface area contributed by atoms with Gasteiger partial charge in [0.1, 0.15) is 6.26 Å². The molecule has 0 aromatic heterocycles. The topological polar surface area (TPSA) is 35.5 Å². The Morgan fingerprint density at radius 2 is 2.23 bits per heavy atom. The van der Waals surface area contributed by atoms with E-state index in [1.807, 2.05) is 6.92 Å². The van der Waals surface area contributed by atoms with Crippen LogP contribution in [-0.4, -0.2) is 12.6 Å². The standard InChI is InChI=1S/C10H16O3/c1-4-6-7-13-10(11)9(3)8-12-5-2/h5,8H,2,4,6-7H2,1,3H3. The van der Waals surface area contributed by atoms with Crippen LogP contribution in [0.4, 0.5) is 0 Å². The number of unbranched alkanes of at least 4 members (excludes halogenated alkanes) is 1. The summed E-state index contributed by atoms with van der Waals surface area (Å²) in [5.41, 5.74) is 0.441. The maximum atomic E-state index is 11.1. The Morgan fingerprint density at radius 1 is 1.54 bits per heavy atom. The van der Waals surface area contributed by atoms with Gasteiger partial charge in [-0.1, -0.05) is 19.9 Å². The molecule has 0 N–H and O–H groups in total. The van der Waals surface area contributed by atoms with Crippen LogP contribution in [0.3, 0.4) is 0 Å². The molecule has 3 heteroatoms. The highest BCUT2D eigenvalue weighted by atomic mass is 16.5. The Balaban J connectivity index is 3.75. The highest BCUT2D eigenvalue weighted by molar-refractivity contribution is 5.87. The summed E-state index contributed by atoms with van der Waals surface area (Å²) >= 11 is 0. The van der Waals surface area contributed by atoms with E-state index < -0.39 is 0 Å². The monoisotopic (exact) mass is 184 g/mol. The lowest BCUT2D eigenvalue weighted by Crippen LogP contribution is -2.06. The van der Waals surface area contributed by atoms with E-state index in [-0.39, 0.29) is 5.97 Å². The minimum atomic E-state index is -0.338. The van der Waals surface area contributed by atoms with E-state index >= 15 is 0 Å². The molecule has 0 aromatic rings. The van der Waals surface area contributed by atoms with Crippen LogP contribution in [0.15, 0.2) is 24.7 Å². The molecule has 0 saturated carbocycles. The van der Waals surface area contributed by atoms with Crippen molar-refractivity contribution in [3.05, 3.63) is 24.7 Å². The van der Waals surface area contributed by atoms with Gasteiger partial charge in [0.05, 0.1) is 18.4 Å². The minimum Gasteiger partial charge on any atom is -0.473 e. The predicted molar refractivity (Wildman–Crippen MR) is 50.9 cm³/mol. The lowest BCUT2D eigenvalue weighted by molar-refractivity contribution is -0.139. The van der Waals surface area contributed by atoms with Crippen LogP contribution >= 0.6 is 0 Å². The second kappa shape index (κ2) is 7.40. The maximum Gasteiger partial charge on any atom is 0.336 e. The van der Waals surface area contributed by atoms with Crippen LogP contribution < -0.4 is 0 Å². The van der Waals surface area contributed by atoms with Crippen LogP contribution in [0, 0.1) is 0 Å². The van der Waals surface area contributed by atoms with Gasteiger partial charge in [-0.15, -0.1) is 0 Å². The second-order valence-corrected chi connectivity index (χ2v) is 2.59. The van der Waals surface area contributed by atoms with Crippen molar-refractivity contribution in [2.24, 2.45) is 0 Å². The lowest BCUT2D eigenvalue weighted by atomic mass is 10.3. The third-order valence-corrected chi connectivity index (χ3v) is 1.39. The Hall–Kier alpha value is -1.25. The first-order chi connectivity index (χ1) is 6.22. The Morgan fingerprint density at radius 3 is 2.77 bits per heavy atom. The normalized spacial score (nSPS) is 10.8. The molecular weight excluding hydrogens is 168 g/mol. The zero-order valence-electron chi connectivity index (χ0n) is 8.21. The lowest BCUT2D eigenvalue weighted by Gasteiger charge is -2.02. The fourth-order valence-corrected chi connectivity index (χ4v) is 0.621. The van der Waals surface area contributed by atoms with E-state index in [9.17, 15) is 4.79 Å². The van der Waals surface area contributed by atoms with Crippen molar-refractivity contribution in [3.8, 4) is 0 Å². The SMILES string of the molecule is C=COC=C(C)C(=O)OCCCC. The van der Waals surface area contributed by atoms with E-state index in [4.69, 9.17) is 9.47 Å². The summed E-state index contributed by atoms with van der Waals surface area (Å²) in [4.78, 5) is 11.1. The third-order valence-electron chi connectivity index (χ3n) is 1.39. The quantitative estimate of drug-likeness (QED) is 0.275. The number of hydrogen-bond donors (Lipinski definition) is 0. The number of carbonyl (C=O) groups excluding carboxylic acids is 1. The maximum absolute atomic E-state index is 11.1. The van der Waals surface area contributed by atoms with E-state index in [0.29, 0.717) is 12.2 Å². The highest BCUT2D eigenvalue weighted by Gasteiger charge is 2.04. The molecule has 0 rings (SSSR count). The van der Waals surface area contributed by atoms with Gasteiger partial charge in [-0.2, -0.15) is 0 Å². The van der Waals surface area contributed by atoms with Gasteiger partial charge in [0.15, 0.2) is 0 Å². The van der Waals surface area contributed by atoms with Crippen molar-refractivity contribution in [3.63, 3.8) is 0 Å². The average Bonchev–Trinajstić information content (AvgIpc) is 2.14. The van der Waals surface area contributed by atoms with Crippen LogP contribution in [0.2, 0.25) is 0 Å². The Labute approximate surface area is 79.0 Å². The van der Waals surface area contributed by atoms with Gasteiger partial charge < -0.3 is 9.47 Å². The molecule has 13 heavy (non-hydrogen) atoms. The zero-order valence-corrected chi connectivity index (χ0v) is 8.21. The molecule has 0 atom stereocenters. The predicted octanol–water partition coefficient (Wildman–Crippen LogP) is 2.39. The summed E-state index contributed by atoms with van der Waals surface area (Å²) < 4.78 is 9.64. The van der Waals surface area contributed by atoms with Crippen molar-refractivity contribution in [2.75, 3.05) is 6.61 Å². The molecule has 0 aliphatic rings. The second-order valence-electron chi connectivity index (χ2n) is 2.59. The molecule has 0 aromatic carbocycles. The fraction of sp³-hybridized carbons (Fsp3) is 0.500. The van der Waals surface area contributed by atoms with Gasteiger partial charge >= 0.3 is 5.97 Å². The van der Waals surface area contributed by atoms with Gasteiger partial charge in [-0.25, -0.2) is 4.79 Å². The molecule has 0 amide bonds. The number of ether oxygens (including phenoxy) is 2. The third kappa shape index (κ3) is 5.96. The van der Waals surface area contributed by atoms with Crippen LogP contribution in [0.5, 0.6) is 0 Å². The van der Waals surface area contributed by atoms with Crippen LogP contribution in [-0.2, 0) is 14.3 Å². The average molecular weight is 184 g/mol. The molecule has 74 valence electrons. The van der Waals surface area contributed by atoms with Gasteiger partial charge in [0.25, 0.3) is 0 Å². The zero-order chi connectivity index (χ0) is 10.1. The Bertz CT molecular complexity index is 194. The molecular formula is C10H16O3. The van der Waals surface area contributed by atoms with Crippen LogP contribution in [0.1, 0.15) is 26.7 Å². The summed E-state index contributed by atoms with van der Waals surface area (Å²) in [7, 11) is 0. The molecule has 0 aliphatic carbocycles. The van der Waals surface area contributed by atoms with Crippen molar-refractivity contribution in [2.45, 2.75) is 26.7 Å². The van der Waals surface area contributed by atoms with Crippen LogP contribution in [0.25, 0.3) is 0 Å². The van der Waals surface area contributed by atoms with Crippen molar-refractivity contribution in [1.29, 1.82) is 0 Å². The summed E-state index contributed by atoms with van der Waals surface area (Å²) in [6, 6.07) is 0. The minimum absolute atomic E-state index is 0.338. The number of carbonyl (C=O) groups is 1. The van der Waals surface area contributed by atoms with Gasteiger partial charge in [0, 0.05) is 0 Å². The van der Waals surface area contributed by atoms with Crippen molar-refractivity contribution in [1.82, 2.24) is 0 Å². The van der Waals surface area contributed by atoms with Gasteiger partial charge in [-0.05, 0) is 13.3 Å². The smallest absolute Gasteiger partial charge is 0.336 e. The number of hydrogen-bond acceptors (Lipinski definition) is 3. The van der Waals surface area contributed by atoms with Crippen molar-refractivity contribution < 1.29 is 14.3 Å². The molecule has 0 radical (unpaired) electrons. The summed E-state index contributed by atoms with van der Waals surface area (Å²) in [5, 5.41) is 0. The molecule has 0 bridgehead atoms. The first-order valence-electron chi connectivity index (χ1n) is 4.32. The van der Waals surface area contributed by atoms with E-state index in [0.717, 1.165) is 12.8 Å². The molecule has 0 spiro atoms. The van der Waals surface area contributed by atoms with Gasteiger partial charge in [-0.3, -0.25) is 0 Å². The molecule has 0 unspecified atom stereocenters. The van der Waals surface area contributed by atoms with E-state index in [2.05, 4.69) is 6.58 Å². The Kier molecular flexibility index (Phi) is 6.69. The molecule has 0 aliphatic heterocycles. The van der Waals surface area contributed by atoms with E-state index in [1.165, 1.54) is 12.5 Å². The van der Waals surface area contributed by atoms with Crippen molar-refractivity contribution >= 4 is 5.97 Å². The number of esters is 1. The highest BCUT2D eigenvalue weighted by Crippen LogP contribution is 1.98. The van der Waals surface area contributed by atoms with E-state index in [1.54, 1.807) is 6.92 Å².